The molecule has 2 aromatic rings. The molecular formula is C14H14N2O3S. The third-order valence-corrected chi connectivity index (χ3v) is 4.45. The topological polar surface area (TPSA) is 65.3 Å². The van der Waals surface area contributed by atoms with Crippen LogP contribution in [0.2, 0.25) is 0 Å². The lowest BCUT2D eigenvalue weighted by Gasteiger charge is -2.19. The summed E-state index contributed by atoms with van der Waals surface area (Å²) in [4.78, 5) is 15.1. The highest BCUT2D eigenvalue weighted by Crippen LogP contribution is 2.32. The van der Waals surface area contributed by atoms with Gasteiger partial charge in [-0.3, -0.25) is 10.1 Å². The van der Waals surface area contributed by atoms with E-state index in [4.69, 9.17) is 4.74 Å². The summed E-state index contributed by atoms with van der Waals surface area (Å²) in [5, 5.41) is 13.9. The van der Waals surface area contributed by atoms with Crippen molar-refractivity contribution < 1.29 is 9.66 Å². The number of aromatic nitrogens is 1. The SMILES string of the molecule is O=[N+]([O-])c1cccc(-c2csc(C3CCOCC3)n2)c1. The molecule has 0 amide bonds. The molecular weight excluding hydrogens is 276 g/mol. The Kier molecular flexibility index (Phi) is 3.75. The third-order valence-electron chi connectivity index (χ3n) is 3.45. The molecule has 0 atom stereocenters. The van der Waals surface area contributed by atoms with Crippen molar-refractivity contribution in [2.45, 2.75) is 18.8 Å². The normalized spacial score (nSPS) is 16.2. The molecule has 1 saturated heterocycles. The van der Waals surface area contributed by atoms with Crippen LogP contribution in [-0.4, -0.2) is 23.1 Å². The van der Waals surface area contributed by atoms with Gasteiger partial charge in [0.1, 0.15) is 0 Å². The smallest absolute Gasteiger partial charge is 0.270 e. The molecule has 1 aromatic carbocycles. The molecule has 5 nitrogen and oxygen atoms in total. The first-order valence-electron chi connectivity index (χ1n) is 6.52. The number of nitrogens with zero attached hydrogens (tertiary/aromatic N) is 2. The molecule has 0 unspecified atom stereocenters. The van der Waals surface area contributed by atoms with Crippen molar-refractivity contribution in [2.24, 2.45) is 0 Å². The van der Waals surface area contributed by atoms with Gasteiger partial charge in [-0.05, 0) is 12.8 Å². The predicted octanol–water partition coefficient (Wildman–Crippen LogP) is 3.61. The standard InChI is InChI=1S/C14H14N2O3S/c17-16(18)12-3-1-2-11(8-12)13-9-20-14(15-13)10-4-6-19-7-5-10/h1-3,8-10H,4-7H2. The van der Waals surface area contributed by atoms with Crippen LogP contribution in [0, 0.1) is 10.1 Å². The number of hydrogen-bond acceptors (Lipinski definition) is 5. The van der Waals surface area contributed by atoms with Gasteiger partial charge in [-0.1, -0.05) is 12.1 Å². The van der Waals surface area contributed by atoms with Crippen LogP contribution in [0.3, 0.4) is 0 Å². The van der Waals surface area contributed by atoms with Crippen LogP contribution in [0.4, 0.5) is 5.69 Å². The van der Waals surface area contributed by atoms with Crippen molar-refractivity contribution in [1.82, 2.24) is 4.98 Å². The van der Waals surface area contributed by atoms with Gasteiger partial charge in [0.25, 0.3) is 5.69 Å². The van der Waals surface area contributed by atoms with Gasteiger partial charge in [0, 0.05) is 42.2 Å². The molecule has 2 heterocycles. The molecule has 0 saturated carbocycles. The van der Waals surface area contributed by atoms with E-state index in [0.717, 1.165) is 42.3 Å². The molecule has 1 fully saturated rings. The van der Waals surface area contributed by atoms with E-state index in [1.807, 2.05) is 11.4 Å². The van der Waals surface area contributed by atoms with E-state index >= 15 is 0 Å². The number of nitro groups is 1. The number of thiazole rings is 1. The molecule has 1 aromatic heterocycles. The molecule has 6 heteroatoms. The van der Waals surface area contributed by atoms with E-state index in [1.54, 1.807) is 23.5 Å². The van der Waals surface area contributed by atoms with E-state index in [9.17, 15) is 10.1 Å². The highest BCUT2D eigenvalue weighted by Gasteiger charge is 2.19. The maximum Gasteiger partial charge on any atom is 0.270 e. The summed E-state index contributed by atoms with van der Waals surface area (Å²) in [5.41, 5.74) is 1.72. The molecule has 104 valence electrons. The number of benzene rings is 1. The lowest BCUT2D eigenvalue weighted by atomic mass is 10.0. The van der Waals surface area contributed by atoms with Crippen LogP contribution >= 0.6 is 11.3 Å². The average Bonchev–Trinajstić information content (AvgIpc) is 2.98. The molecule has 0 bridgehead atoms. The highest BCUT2D eigenvalue weighted by atomic mass is 32.1. The van der Waals surface area contributed by atoms with Crippen LogP contribution < -0.4 is 0 Å². The van der Waals surface area contributed by atoms with Gasteiger partial charge in [0.05, 0.1) is 15.6 Å². The Bertz CT molecular complexity index is 620. The van der Waals surface area contributed by atoms with Gasteiger partial charge in [0.2, 0.25) is 0 Å². The molecule has 0 N–H and O–H groups in total. The van der Waals surface area contributed by atoms with E-state index in [-0.39, 0.29) is 10.6 Å². The van der Waals surface area contributed by atoms with Crippen LogP contribution in [0.1, 0.15) is 23.8 Å². The predicted molar refractivity (Wildman–Crippen MR) is 77.0 cm³/mol. The van der Waals surface area contributed by atoms with Gasteiger partial charge in [-0.2, -0.15) is 0 Å². The first kappa shape index (κ1) is 13.2. The lowest BCUT2D eigenvalue weighted by Crippen LogP contribution is -2.13. The Morgan fingerprint density at radius 1 is 1.35 bits per heavy atom. The number of non-ortho nitro benzene ring substituents is 1. The molecule has 0 aliphatic carbocycles. The van der Waals surface area contributed by atoms with Crippen LogP contribution in [0.15, 0.2) is 29.6 Å². The third kappa shape index (κ3) is 2.71. The van der Waals surface area contributed by atoms with Gasteiger partial charge >= 0.3 is 0 Å². The minimum Gasteiger partial charge on any atom is -0.381 e. The summed E-state index contributed by atoms with van der Waals surface area (Å²) in [6.07, 6.45) is 2.00. The Hall–Kier alpha value is -1.79. The van der Waals surface area contributed by atoms with Crippen molar-refractivity contribution >= 4 is 17.0 Å². The average molecular weight is 290 g/mol. The molecule has 0 spiro atoms. The Labute approximate surface area is 120 Å². The largest absolute Gasteiger partial charge is 0.381 e. The molecule has 3 rings (SSSR count). The number of hydrogen-bond donors (Lipinski definition) is 0. The fourth-order valence-electron chi connectivity index (χ4n) is 2.33. The Balaban J connectivity index is 1.85. The first-order valence-corrected chi connectivity index (χ1v) is 7.40. The van der Waals surface area contributed by atoms with Gasteiger partial charge in [-0.25, -0.2) is 4.98 Å². The van der Waals surface area contributed by atoms with Crippen molar-refractivity contribution in [2.75, 3.05) is 13.2 Å². The second-order valence-corrected chi connectivity index (χ2v) is 5.65. The van der Waals surface area contributed by atoms with Gasteiger partial charge in [0.15, 0.2) is 0 Å². The van der Waals surface area contributed by atoms with Crippen molar-refractivity contribution in [3.63, 3.8) is 0 Å². The van der Waals surface area contributed by atoms with Crippen LogP contribution in [0.25, 0.3) is 11.3 Å². The zero-order chi connectivity index (χ0) is 13.9. The van der Waals surface area contributed by atoms with E-state index in [0.29, 0.717) is 5.92 Å². The van der Waals surface area contributed by atoms with Crippen LogP contribution in [-0.2, 0) is 4.74 Å². The fraction of sp³-hybridized carbons (Fsp3) is 0.357. The maximum atomic E-state index is 10.8. The van der Waals surface area contributed by atoms with Gasteiger partial charge in [-0.15, -0.1) is 11.3 Å². The number of nitro benzene ring substituents is 1. The first-order chi connectivity index (χ1) is 9.74. The van der Waals surface area contributed by atoms with E-state index in [1.165, 1.54) is 6.07 Å². The molecule has 1 aliphatic rings. The summed E-state index contributed by atoms with van der Waals surface area (Å²) in [5.74, 6) is 0.459. The Morgan fingerprint density at radius 2 is 2.15 bits per heavy atom. The minimum atomic E-state index is -0.380. The zero-order valence-electron chi connectivity index (χ0n) is 10.8. The number of ether oxygens (including phenoxy) is 1. The molecule has 0 radical (unpaired) electrons. The minimum absolute atomic E-state index is 0.100. The van der Waals surface area contributed by atoms with E-state index in [2.05, 4.69) is 4.98 Å². The summed E-state index contributed by atoms with van der Waals surface area (Å²) in [6.45, 7) is 1.58. The second-order valence-electron chi connectivity index (χ2n) is 4.77. The Morgan fingerprint density at radius 3 is 2.90 bits per heavy atom. The number of rotatable bonds is 3. The lowest BCUT2D eigenvalue weighted by molar-refractivity contribution is -0.384. The van der Waals surface area contributed by atoms with Crippen molar-refractivity contribution in [1.29, 1.82) is 0 Å². The maximum absolute atomic E-state index is 10.8. The quantitative estimate of drug-likeness (QED) is 0.639. The summed E-state index contributed by atoms with van der Waals surface area (Å²) < 4.78 is 5.36. The van der Waals surface area contributed by atoms with Crippen molar-refractivity contribution in [3.05, 3.63) is 44.8 Å². The second kappa shape index (κ2) is 5.68. The van der Waals surface area contributed by atoms with Crippen molar-refractivity contribution in [3.8, 4) is 11.3 Å². The van der Waals surface area contributed by atoms with Gasteiger partial charge < -0.3 is 4.74 Å². The van der Waals surface area contributed by atoms with E-state index < -0.39 is 0 Å². The summed E-state index contributed by atoms with van der Waals surface area (Å²) >= 11 is 1.63. The summed E-state index contributed by atoms with van der Waals surface area (Å²) in [6, 6.07) is 6.62. The molecule has 1 aliphatic heterocycles. The highest BCUT2D eigenvalue weighted by molar-refractivity contribution is 7.10. The monoisotopic (exact) mass is 290 g/mol. The fourth-order valence-corrected chi connectivity index (χ4v) is 3.33. The molecule has 20 heavy (non-hydrogen) atoms. The summed E-state index contributed by atoms with van der Waals surface area (Å²) in [7, 11) is 0. The van der Waals surface area contributed by atoms with Crippen LogP contribution in [0.5, 0.6) is 0 Å². The zero-order valence-corrected chi connectivity index (χ0v) is 11.6.